The summed E-state index contributed by atoms with van der Waals surface area (Å²) in [7, 11) is 0. The number of aryl methyl sites for hydroxylation is 1. The Morgan fingerprint density at radius 3 is 2.67 bits per heavy atom. The number of anilines is 2. The summed E-state index contributed by atoms with van der Waals surface area (Å²) >= 11 is 5.85. The van der Waals surface area contributed by atoms with Gasteiger partial charge in [0, 0.05) is 25.3 Å². The van der Waals surface area contributed by atoms with Crippen molar-refractivity contribution in [1.29, 1.82) is 0 Å². The van der Waals surface area contributed by atoms with Crippen molar-refractivity contribution < 1.29 is 0 Å². The Hall–Kier alpha value is -1.88. The molecule has 3 rings (SSSR count). The van der Waals surface area contributed by atoms with Crippen molar-refractivity contribution in [2.24, 2.45) is 0 Å². The van der Waals surface area contributed by atoms with E-state index in [0.29, 0.717) is 11.2 Å². The van der Waals surface area contributed by atoms with Gasteiger partial charge < -0.3 is 10.2 Å². The van der Waals surface area contributed by atoms with Crippen LogP contribution in [0.15, 0.2) is 30.7 Å². The Balaban J connectivity index is 1.56. The SMILES string of the molecule is Cc1ccc(N2CCC(Nc3cncc(Cl)n3)CC2)nc1. The van der Waals surface area contributed by atoms with Gasteiger partial charge in [0.05, 0.1) is 12.4 Å². The summed E-state index contributed by atoms with van der Waals surface area (Å²) in [5.74, 6) is 1.80. The molecule has 0 amide bonds. The first-order valence-corrected chi connectivity index (χ1v) is 7.50. The van der Waals surface area contributed by atoms with Gasteiger partial charge in [-0.05, 0) is 31.4 Å². The standard InChI is InChI=1S/C15H18ClN5/c1-11-2-3-15(18-8-11)21-6-4-12(5-7-21)19-14-10-17-9-13(16)20-14/h2-3,8-10,12H,4-7H2,1H3,(H,19,20). The number of nitrogens with one attached hydrogen (secondary N) is 1. The average molecular weight is 304 g/mol. The second-order valence-corrected chi connectivity index (χ2v) is 5.71. The molecule has 0 spiro atoms. The molecule has 0 bridgehead atoms. The molecule has 0 atom stereocenters. The van der Waals surface area contributed by atoms with Gasteiger partial charge in [0.25, 0.3) is 0 Å². The van der Waals surface area contributed by atoms with Gasteiger partial charge in [-0.1, -0.05) is 17.7 Å². The number of hydrogen-bond donors (Lipinski definition) is 1. The molecule has 6 heteroatoms. The van der Waals surface area contributed by atoms with Crippen molar-refractivity contribution >= 4 is 23.2 Å². The maximum atomic E-state index is 5.85. The Labute approximate surface area is 129 Å². The van der Waals surface area contributed by atoms with E-state index in [1.165, 1.54) is 5.56 Å². The Kier molecular flexibility index (Phi) is 4.20. The molecule has 0 aromatic carbocycles. The summed E-state index contributed by atoms with van der Waals surface area (Å²) in [6, 6.07) is 4.60. The van der Waals surface area contributed by atoms with Crippen LogP contribution in [-0.4, -0.2) is 34.1 Å². The molecule has 1 aliphatic rings. The Bertz CT molecular complexity index is 593. The molecule has 21 heavy (non-hydrogen) atoms. The van der Waals surface area contributed by atoms with Crippen LogP contribution in [0.25, 0.3) is 0 Å². The normalized spacial score (nSPS) is 16.0. The number of pyridine rings is 1. The van der Waals surface area contributed by atoms with Crippen molar-refractivity contribution in [1.82, 2.24) is 15.0 Å². The lowest BCUT2D eigenvalue weighted by atomic mass is 10.1. The number of aromatic nitrogens is 3. The Morgan fingerprint density at radius 2 is 2.00 bits per heavy atom. The number of rotatable bonds is 3. The summed E-state index contributed by atoms with van der Waals surface area (Å²) in [5, 5.41) is 3.82. The first-order valence-electron chi connectivity index (χ1n) is 7.12. The van der Waals surface area contributed by atoms with Gasteiger partial charge in [-0.2, -0.15) is 0 Å². The number of nitrogens with zero attached hydrogens (tertiary/aromatic N) is 4. The van der Waals surface area contributed by atoms with Gasteiger partial charge in [0.2, 0.25) is 0 Å². The van der Waals surface area contributed by atoms with Gasteiger partial charge >= 0.3 is 0 Å². The topological polar surface area (TPSA) is 53.9 Å². The maximum Gasteiger partial charge on any atom is 0.149 e. The van der Waals surface area contributed by atoms with Crippen LogP contribution in [0.1, 0.15) is 18.4 Å². The van der Waals surface area contributed by atoms with Crippen LogP contribution in [0.2, 0.25) is 5.15 Å². The van der Waals surface area contributed by atoms with E-state index in [-0.39, 0.29) is 0 Å². The van der Waals surface area contributed by atoms with Crippen molar-refractivity contribution in [3.8, 4) is 0 Å². The fourth-order valence-electron chi connectivity index (χ4n) is 2.52. The predicted octanol–water partition coefficient (Wildman–Crippen LogP) is 2.91. The fourth-order valence-corrected chi connectivity index (χ4v) is 2.67. The molecule has 0 aliphatic carbocycles. The molecular formula is C15H18ClN5. The number of piperidine rings is 1. The van der Waals surface area contributed by atoms with E-state index in [9.17, 15) is 0 Å². The highest BCUT2D eigenvalue weighted by Crippen LogP contribution is 2.20. The molecular weight excluding hydrogens is 286 g/mol. The summed E-state index contributed by atoms with van der Waals surface area (Å²) < 4.78 is 0. The zero-order valence-corrected chi connectivity index (χ0v) is 12.7. The molecule has 110 valence electrons. The van der Waals surface area contributed by atoms with E-state index in [4.69, 9.17) is 11.6 Å². The van der Waals surface area contributed by atoms with Crippen LogP contribution in [0.5, 0.6) is 0 Å². The van der Waals surface area contributed by atoms with Crippen molar-refractivity contribution in [3.05, 3.63) is 41.4 Å². The largest absolute Gasteiger partial charge is 0.366 e. The zero-order chi connectivity index (χ0) is 14.7. The molecule has 2 aromatic heterocycles. The zero-order valence-electron chi connectivity index (χ0n) is 12.0. The third kappa shape index (κ3) is 3.61. The van der Waals surface area contributed by atoms with E-state index >= 15 is 0 Å². The third-order valence-electron chi connectivity index (χ3n) is 3.67. The third-order valence-corrected chi connectivity index (χ3v) is 3.85. The minimum Gasteiger partial charge on any atom is -0.366 e. The van der Waals surface area contributed by atoms with Crippen LogP contribution in [0, 0.1) is 6.92 Å². The highest BCUT2D eigenvalue weighted by Gasteiger charge is 2.20. The van der Waals surface area contributed by atoms with E-state index in [0.717, 1.165) is 37.6 Å². The van der Waals surface area contributed by atoms with E-state index in [2.05, 4.69) is 44.2 Å². The fraction of sp³-hybridized carbons (Fsp3) is 0.400. The quantitative estimate of drug-likeness (QED) is 0.945. The highest BCUT2D eigenvalue weighted by molar-refractivity contribution is 6.29. The molecule has 2 aromatic rings. The van der Waals surface area contributed by atoms with Crippen molar-refractivity contribution in [2.75, 3.05) is 23.3 Å². The molecule has 3 heterocycles. The summed E-state index contributed by atoms with van der Waals surface area (Å²) in [6.07, 6.45) is 7.26. The van der Waals surface area contributed by atoms with Crippen LogP contribution in [0.3, 0.4) is 0 Å². The second-order valence-electron chi connectivity index (χ2n) is 5.33. The minimum absolute atomic E-state index is 0.402. The summed E-state index contributed by atoms with van der Waals surface area (Å²) in [4.78, 5) is 15.1. The summed E-state index contributed by atoms with van der Waals surface area (Å²) in [6.45, 7) is 4.03. The lowest BCUT2D eigenvalue weighted by molar-refractivity contribution is 0.522. The van der Waals surface area contributed by atoms with Crippen LogP contribution in [0.4, 0.5) is 11.6 Å². The highest BCUT2D eigenvalue weighted by atomic mass is 35.5. The number of halogens is 1. The van der Waals surface area contributed by atoms with Gasteiger partial charge in [-0.15, -0.1) is 0 Å². The lowest BCUT2D eigenvalue weighted by Gasteiger charge is -2.33. The van der Waals surface area contributed by atoms with E-state index < -0.39 is 0 Å². The monoisotopic (exact) mass is 303 g/mol. The van der Waals surface area contributed by atoms with E-state index in [1.54, 1.807) is 12.4 Å². The maximum absolute atomic E-state index is 5.85. The molecule has 1 fully saturated rings. The van der Waals surface area contributed by atoms with E-state index in [1.807, 2.05) is 6.20 Å². The van der Waals surface area contributed by atoms with Gasteiger partial charge in [-0.25, -0.2) is 9.97 Å². The molecule has 0 saturated carbocycles. The molecule has 1 aliphatic heterocycles. The first-order chi connectivity index (χ1) is 10.2. The molecule has 0 unspecified atom stereocenters. The predicted molar refractivity (Wildman–Crippen MR) is 84.9 cm³/mol. The van der Waals surface area contributed by atoms with Crippen LogP contribution < -0.4 is 10.2 Å². The lowest BCUT2D eigenvalue weighted by Crippen LogP contribution is -2.39. The van der Waals surface area contributed by atoms with Crippen LogP contribution >= 0.6 is 11.6 Å². The molecule has 5 nitrogen and oxygen atoms in total. The Morgan fingerprint density at radius 1 is 1.19 bits per heavy atom. The molecule has 1 N–H and O–H groups in total. The first kappa shape index (κ1) is 14.1. The molecule has 1 saturated heterocycles. The summed E-state index contributed by atoms with van der Waals surface area (Å²) in [5.41, 5.74) is 1.19. The van der Waals surface area contributed by atoms with Gasteiger partial charge in [-0.3, -0.25) is 4.98 Å². The average Bonchev–Trinajstić information content (AvgIpc) is 2.49. The molecule has 0 radical (unpaired) electrons. The van der Waals surface area contributed by atoms with Gasteiger partial charge in [0.1, 0.15) is 16.8 Å². The minimum atomic E-state index is 0.402. The van der Waals surface area contributed by atoms with Crippen LogP contribution in [-0.2, 0) is 0 Å². The van der Waals surface area contributed by atoms with Crippen molar-refractivity contribution in [2.45, 2.75) is 25.8 Å². The second kappa shape index (κ2) is 6.26. The van der Waals surface area contributed by atoms with Crippen molar-refractivity contribution in [3.63, 3.8) is 0 Å². The van der Waals surface area contributed by atoms with Gasteiger partial charge in [0.15, 0.2) is 0 Å². The smallest absolute Gasteiger partial charge is 0.149 e. The number of hydrogen-bond acceptors (Lipinski definition) is 5.